The maximum Gasteiger partial charge on any atom is 0.125 e. The molecule has 1 N–H and O–H groups in total. The SMILES string of the molecule is c1csc(C2CCNc3cc(C4CCCC4)nn32)c1. The van der Waals surface area contributed by atoms with Crippen LogP contribution in [0.4, 0.5) is 5.82 Å². The normalized spacial score (nSPS) is 23.3. The zero-order valence-electron chi connectivity index (χ0n) is 11.0. The second-order valence-electron chi connectivity index (χ2n) is 5.63. The standard InChI is InChI=1S/C15H19N3S/c1-2-5-11(4-1)12-10-15-16-8-7-13(18(15)17-12)14-6-3-9-19-14/h3,6,9-11,13,16H,1-2,4-5,7-8H2. The van der Waals surface area contributed by atoms with Gasteiger partial charge in [-0.25, -0.2) is 4.68 Å². The van der Waals surface area contributed by atoms with Gasteiger partial charge in [0.1, 0.15) is 5.82 Å². The van der Waals surface area contributed by atoms with E-state index in [1.807, 2.05) is 11.3 Å². The van der Waals surface area contributed by atoms with Crippen LogP contribution < -0.4 is 5.32 Å². The van der Waals surface area contributed by atoms with Crippen molar-refractivity contribution in [2.75, 3.05) is 11.9 Å². The summed E-state index contributed by atoms with van der Waals surface area (Å²) in [6, 6.07) is 7.10. The van der Waals surface area contributed by atoms with Gasteiger partial charge in [-0.15, -0.1) is 11.3 Å². The summed E-state index contributed by atoms with van der Waals surface area (Å²) in [5.74, 6) is 1.91. The third kappa shape index (κ3) is 1.98. The second-order valence-corrected chi connectivity index (χ2v) is 6.61. The molecular weight excluding hydrogens is 254 g/mol. The van der Waals surface area contributed by atoms with Crippen molar-refractivity contribution in [2.24, 2.45) is 0 Å². The van der Waals surface area contributed by atoms with Crippen LogP contribution in [-0.2, 0) is 0 Å². The van der Waals surface area contributed by atoms with E-state index in [4.69, 9.17) is 5.10 Å². The fourth-order valence-electron chi connectivity index (χ4n) is 3.41. The number of nitrogens with one attached hydrogen (secondary N) is 1. The summed E-state index contributed by atoms with van der Waals surface area (Å²) in [5, 5.41) is 10.6. The van der Waals surface area contributed by atoms with Crippen molar-refractivity contribution in [2.45, 2.75) is 44.1 Å². The highest BCUT2D eigenvalue weighted by atomic mass is 32.1. The van der Waals surface area contributed by atoms with Gasteiger partial charge in [0.05, 0.1) is 11.7 Å². The summed E-state index contributed by atoms with van der Waals surface area (Å²) in [6.07, 6.45) is 6.52. The average Bonchev–Trinajstić information content (AvgIpc) is 3.18. The van der Waals surface area contributed by atoms with E-state index in [0.29, 0.717) is 12.0 Å². The number of aromatic nitrogens is 2. The van der Waals surface area contributed by atoms with Crippen LogP contribution in [0.5, 0.6) is 0 Å². The fourth-order valence-corrected chi connectivity index (χ4v) is 4.25. The van der Waals surface area contributed by atoms with Crippen molar-refractivity contribution in [1.82, 2.24) is 9.78 Å². The minimum absolute atomic E-state index is 0.436. The van der Waals surface area contributed by atoms with E-state index in [1.54, 1.807) is 0 Å². The molecule has 19 heavy (non-hydrogen) atoms. The van der Waals surface area contributed by atoms with E-state index in [0.717, 1.165) is 13.0 Å². The highest BCUT2D eigenvalue weighted by Gasteiger charge is 2.27. The lowest BCUT2D eigenvalue weighted by Crippen LogP contribution is -2.23. The summed E-state index contributed by atoms with van der Waals surface area (Å²) in [4.78, 5) is 1.43. The molecule has 1 fully saturated rings. The molecule has 0 saturated heterocycles. The highest BCUT2D eigenvalue weighted by Crippen LogP contribution is 2.38. The van der Waals surface area contributed by atoms with Crippen molar-refractivity contribution < 1.29 is 0 Å². The number of hydrogen-bond donors (Lipinski definition) is 1. The topological polar surface area (TPSA) is 29.9 Å². The Morgan fingerprint density at radius 2 is 2.16 bits per heavy atom. The van der Waals surface area contributed by atoms with E-state index >= 15 is 0 Å². The van der Waals surface area contributed by atoms with Crippen molar-refractivity contribution in [1.29, 1.82) is 0 Å². The molecule has 2 aliphatic rings. The molecule has 0 amide bonds. The molecule has 0 bridgehead atoms. The molecule has 2 aromatic rings. The summed E-state index contributed by atoms with van der Waals surface area (Å²) in [5.41, 5.74) is 1.31. The van der Waals surface area contributed by atoms with Gasteiger partial charge in [0.15, 0.2) is 0 Å². The Labute approximate surface area is 117 Å². The number of fused-ring (bicyclic) bond motifs is 1. The van der Waals surface area contributed by atoms with Gasteiger partial charge < -0.3 is 5.32 Å². The lowest BCUT2D eigenvalue weighted by Gasteiger charge is -2.24. The number of nitrogens with zero attached hydrogens (tertiary/aromatic N) is 2. The predicted octanol–water partition coefficient (Wildman–Crippen LogP) is 4.01. The number of hydrogen-bond acceptors (Lipinski definition) is 3. The summed E-state index contributed by atoms with van der Waals surface area (Å²) in [6.45, 7) is 1.05. The molecule has 4 heteroatoms. The van der Waals surface area contributed by atoms with Crippen LogP contribution in [0.2, 0.25) is 0 Å². The molecule has 4 rings (SSSR count). The summed E-state index contributed by atoms with van der Waals surface area (Å²) in [7, 11) is 0. The van der Waals surface area contributed by atoms with Gasteiger partial charge >= 0.3 is 0 Å². The molecule has 3 nitrogen and oxygen atoms in total. The number of thiophene rings is 1. The van der Waals surface area contributed by atoms with Crippen LogP contribution in [0.15, 0.2) is 23.6 Å². The molecule has 0 aromatic carbocycles. The Morgan fingerprint density at radius 3 is 2.95 bits per heavy atom. The van der Waals surface area contributed by atoms with Crippen LogP contribution in [0.3, 0.4) is 0 Å². The van der Waals surface area contributed by atoms with Crippen LogP contribution in [0.25, 0.3) is 0 Å². The third-order valence-electron chi connectivity index (χ3n) is 4.42. The lowest BCUT2D eigenvalue weighted by atomic mass is 10.0. The van der Waals surface area contributed by atoms with Crippen LogP contribution in [-0.4, -0.2) is 16.3 Å². The Hall–Kier alpha value is -1.29. The van der Waals surface area contributed by atoms with Gasteiger partial charge in [-0.2, -0.15) is 5.10 Å². The lowest BCUT2D eigenvalue weighted by molar-refractivity contribution is 0.480. The van der Waals surface area contributed by atoms with Crippen molar-refractivity contribution in [3.05, 3.63) is 34.2 Å². The van der Waals surface area contributed by atoms with Crippen LogP contribution >= 0.6 is 11.3 Å². The second kappa shape index (κ2) is 4.67. The average molecular weight is 273 g/mol. The highest BCUT2D eigenvalue weighted by molar-refractivity contribution is 7.10. The van der Waals surface area contributed by atoms with Gasteiger partial charge in [-0.1, -0.05) is 18.9 Å². The van der Waals surface area contributed by atoms with E-state index in [-0.39, 0.29) is 0 Å². The van der Waals surface area contributed by atoms with E-state index in [1.165, 1.54) is 42.1 Å². The van der Waals surface area contributed by atoms with E-state index in [2.05, 4.69) is 33.6 Å². The van der Waals surface area contributed by atoms with Gasteiger partial charge in [0.2, 0.25) is 0 Å². The third-order valence-corrected chi connectivity index (χ3v) is 5.39. The maximum absolute atomic E-state index is 4.93. The molecule has 1 saturated carbocycles. The molecule has 0 radical (unpaired) electrons. The van der Waals surface area contributed by atoms with Crippen LogP contribution in [0.1, 0.15) is 54.6 Å². The largest absolute Gasteiger partial charge is 0.370 e. The molecule has 2 aromatic heterocycles. The molecule has 1 unspecified atom stereocenters. The summed E-state index contributed by atoms with van der Waals surface area (Å²) >= 11 is 1.85. The van der Waals surface area contributed by atoms with Crippen molar-refractivity contribution >= 4 is 17.2 Å². The van der Waals surface area contributed by atoms with E-state index in [9.17, 15) is 0 Å². The number of rotatable bonds is 2. The van der Waals surface area contributed by atoms with Gasteiger partial charge in [-0.3, -0.25) is 0 Å². The fraction of sp³-hybridized carbons (Fsp3) is 0.533. The van der Waals surface area contributed by atoms with E-state index < -0.39 is 0 Å². The number of anilines is 1. The molecule has 3 heterocycles. The minimum Gasteiger partial charge on any atom is -0.370 e. The monoisotopic (exact) mass is 273 g/mol. The molecule has 1 aliphatic carbocycles. The zero-order chi connectivity index (χ0) is 12.7. The first-order chi connectivity index (χ1) is 9.42. The molecule has 1 atom stereocenters. The Kier molecular flexibility index (Phi) is 2.84. The molecule has 100 valence electrons. The Bertz CT molecular complexity index is 552. The maximum atomic E-state index is 4.93. The predicted molar refractivity (Wildman–Crippen MR) is 79.0 cm³/mol. The first kappa shape index (κ1) is 11.5. The van der Waals surface area contributed by atoms with Gasteiger partial charge in [-0.05, 0) is 30.7 Å². The van der Waals surface area contributed by atoms with Crippen molar-refractivity contribution in [3.63, 3.8) is 0 Å². The molecule has 1 aliphatic heterocycles. The molecule has 0 spiro atoms. The van der Waals surface area contributed by atoms with Crippen molar-refractivity contribution in [3.8, 4) is 0 Å². The quantitative estimate of drug-likeness (QED) is 0.896. The summed E-state index contributed by atoms with van der Waals surface area (Å²) < 4.78 is 2.23. The van der Waals surface area contributed by atoms with Crippen LogP contribution in [0, 0.1) is 0 Å². The minimum atomic E-state index is 0.436. The van der Waals surface area contributed by atoms with Gasteiger partial charge in [0.25, 0.3) is 0 Å². The first-order valence-electron chi connectivity index (χ1n) is 7.28. The Morgan fingerprint density at radius 1 is 1.26 bits per heavy atom. The molecular formula is C15H19N3S. The first-order valence-corrected chi connectivity index (χ1v) is 8.16. The zero-order valence-corrected chi connectivity index (χ0v) is 11.8. The van der Waals surface area contributed by atoms with Gasteiger partial charge in [0, 0.05) is 23.4 Å². The Balaban J connectivity index is 1.70. The smallest absolute Gasteiger partial charge is 0.125 e.